The van der Waals surface area contributed by atoms with Gasteiger partial charge in [-0.3, -0.25) is 13.9 Å². The summed E-state index contributed by atoms with van der Waals surface area (Å²) in [6.45, 7) is 13.8. The third kappa shape index (κ3) is 5.43. The van der Waals surface area contributed by atoms with E-state index in [2.05, 4.69) is 5.10 Å². The number of aryl methyl sites for hydroxylation is 1. The first-order chi connectivity index (χ1) is 14.2. The highest BCUT2D eigenvalue weighted by Gasteiger charge is 2.26. The maximum Gasteiger partial charge on any atom is 0.428 e. The Kier molecular flexibility index (Phi) is 7.17. The van der Waals surface area contributed by atoms with Gasteiger partial charge in [-0.2, -0.15) is 10.1 Å². The Morgan fingerprint density at radius 3 is 2.29 bits per heavy atom. The summed E-state index contributed by atoms with van der Waals surface area (Å²) in [6.07, 6.45) is 0.268. The summed E-state index contributed by atoms with van der Waals surface area (Å²) in [5.41, 5.74) is -1.05. The molecule has 172 valence electrons. The van der Waals surface area contributed by atoms with E-state index in [0.29, 0.717) is 33.8 Å². The molecule has 2 aromatic heterocycles. The second-order valence-electron chi connectivity index (χ2n) is 9.66. The van der Waals surface area contributed by atoms with Gasteiger partial charge in [0.25, 0.3) is 5.56 Å². The van der Waals surface area contributed by atoms with Crippen molar-refractivity contribution in [1.82, 2.24) is 14.1 Å². The van der Waals surface area contributed by atoms with E-state index >= 15 is 0 Å². The SMILES string of the molecule is COCCn1c(=O)n(CC(C)(C)C)c(=O)c2c(C)c(C=NN(C(=O)O)C(C)(C)C)sc21. The van der Waals surface area contributed by atoms with Crippen molar-refractivity contribution in [2.24, 2.45) is 10.5 Å². The smallest absolute Gasteiger partial charge is 0.428 e. The Balaban J connectivity index is 2.76. The summed E-state index contributed by atoms with van der Waals surface area (Å²) < 4.78 is 7.99. The summed E-state index contributed by atoms with van der Waals surface area (Å²) in [6, 6.07) is 0. The zero-order chi connectivity index (χ0) is 23.7. The van der Waals surface area contributed by atoms with E-state index in [-0.39, 0.29) is 23.2 Å². The van der Waals surface area contributed by atoms with Crippen LogP contribution in [0.2, 0.25) is 0 Å². The van der Waals surface area contributed by atoms with E-state index in [1.165, 1.54) is 22.1 Å². The number of aromatic nitrogens is 2. The van der Waals surface area contributed by atoms with Gasteiger partial charge in [-0.05, 0) is 38.7 Å². The summed E-state index contributed by atoms with van der Waals surface area (Å²) in [4.78, 5) is 39.2. The minimum absolute atomic E-state index is 0.265. The lowest BCUT2D eigenvalue weighted by atomic mass is 9.97. The molecule has 0 unspecified atom stereocenters. The van der Waals surface area contributed by atoms with Gasteiger partial charge in [0, 0.05) is 13.7 Å². The van der Waals surface area contributed by atoms with Crippen LogP contribution in [0.5, 0.6) is 0 Å². The number of nitrogens with zero attached hydrogens (tertiary/aromatic N) is 4. The Labute approximate surface area is 185 Å². The fraction of sp³-hybridized carbons (Fsp3) is 0.619. The third-order valence-electron chi connectivity index (χ3n) is 4.59. The molecular formula is C21H32N4O5S. The Morgan fingerprint density at radius 1 is 1.19 bits per heavy atom. The Bertz CT molecular complexity index is 1110. The number of hydrazone groups is 1. The van der Waals surface area contributed by atoms with E-state index in [0.717, 1.165) is 5.01 Å². The molecule has 2 aromatic rings. The topological polar surface area (TPSA) is 106 Å². The van der Waals surface area contributed by atoms with E-state index < -0.39 is 11.6 Å². The molecule has 31 heavy (non-hydrogen) atoms. The molecule has 10 heteroatoms. The second-order valence-corrected chi connectivity index (χ2v) is 10.7. The first kappa shape index (κ1) is 24.8. The van der Waals surface area contributed by atoms with Crippen LogP contribution in [0, 0.1) is 12.3 Å². The van der Waals surface area contributed by atoms with Crippen LogP contribution in [-0.4, -0.2) is 50.8 Å². The lowest BCUT2D eigenvalue weighted by Gasteiger charge is -2.27. The minimum Gasteiger partial charge on any atom is -0.464 e. The maximum atomic E-state index is 13.3. The molecule has 0 saturated heterocycles. The molecule has 1 amide bonds. The van der Waals surface area contributed by atoms with Crippen LogP contribution in [0.15, 0.2) is 14.7 Å². The monoisotopic (exact) mass is 452 g/mol. The van der Waals surface area contributed by atoms with Crippen molar-refractivity contribution in [2.45, 2.75) is 67.1 Å². The Hall–Kier alpha value is -2.46. The number of hydrogen-bond donors (Lipinski definition) is 1. The van der Waals surface area contributed by atoms with Crippen molar-refractivity contribution in [3.8, 4) is 0 Å². The lowest BCUT2D eigenvalue weighted by molar-refractivity contribution is 0.103. The molecule has 9 nitrogen and oxygen atoms in total. The third-order valence-corrected chi connectivity index (χ3v) is 5.84. The van der Waals surface area contributed by atoms with Gasteiger partial charge in [0.1, 0.15) is 4.83 Å². The van der Waals surface area contributed by atoms with Crippen molar-refractivity contribution >= 4 is 33.9 Å². The molecule has 0 aromatic carbocycles. The van der Waals surface area contributed by atoms with E-state index in [1.54, 1.807) is 39.4 Å². The molecule has 2 rings (SSSR count). The zero-order valence-corrected chi connectivity index (χ0v) is 20.3. The summed E-state index contributed by atoms with van der Waals surface area (Å²) >= 11 is 1.25. The molecule has 0 radical (unpaired) electrons. The average molecular weight is 453 g/mol. The van der Waals surface area contributed by atoms with Crippen LogP contribution in [-0.2, 0) is 17.8 Å². The normalized spacial score (nSPS) is 12.8. The van der Waals surface area contributed by atoms with Crippen molar-refractivity contribution in [1.29, 1.82) is 0 Å². The van der Waals surface area contributed by atoms with Gasteiger partial charge in [-0.25, -0.2) is 9.59 Å². The highest BCUT2D eigenvalue weighted by atomic mass is 32.1. The number of amides is 1. The van der Waals surface area contributed by atoms with Crippen LogP contribution >= 0.6 is 11.3 Å². The van der Waals surface area contributed by atoms with Crippen molar-refractivity contribution in [2.75, 3.05) is 13.7 Å². The fourth-order valence-electron chi connectivity index (χ4n) is 3.15. The first-order valence-electron chi connectivity index (χ1n) is 10.0. The van der Waals surface area contributed by atoms with Gasteiger partial charge < -0.3 is 9.84 Å². The maximum absolute atomic E-state index is 13.3. The van der Waals surface area contributed by atoms with E-state index in [9.17, 15) is 19.5 Å². The number of carbonyl (C=O) groups is 1. The zero-order valence-electron chi connectivity index (χ0n) is 19.5. The quantitative estimate of drug-likeness (QED) is 0.534. The molecule has 0 atom stereocenters. The highest BCUT2D eigenvalue weighted by Crippen LogP contribution is 2.27. The first-order valence-corrected chi connectivity index (χ1v) is 10.8. The molecule has 1 N–H and O–H groups in total. The number of carboxylic acid groups (broad SMARTS) is 1. The molecule has 0 aliphatic carbocycles. The van der Waals surface area contributed by atoms with Gasteiger partial charge in [0.05, 0.1) is 35.2 Å². The summed E-state index contributed by atoms with van der Waals surface area (Å²) in [5.74, 6) is 0. The fourth-order valence-corrected chi connectivity index (χ4v) is 4.33. The number of hydrogen-bond acceptors (Lipinski definition) is 6. The van der Waals surface area contributed by atoms with Crippen molar-refractivity contribution < 1.29 is 14.6 Å². The number of rotatable bonds is 6. The van der Waals surface area contributed by atoms with Gasteiger partial charge in [-0.15, -0.1) is 11.3 Å². The van der Waals surface area contributed by atoms with Crippen LogP contribution < -0.4 is 11.2 Å². The molecular weight excluding hydrogens is 420 g/mol. The standard InChI is InChI=1S/C21H32N4O5S/c1-13-14(11-22-25(19(28)29)21(5,6)7)31-17-15(13)16(26)24(12-20(2,3)4)18(27)23(17)9-10-30-8/h11H,9-10,12H2,1-8H3,(H,28,29). The largest absolute Gasteiger partial charge is 0.464 e. The summed E-state index contributed by atoms with van der Waals surface area (Å²) in [5, 5.41) is 15.0. The van der Waals surface area contributed by atoms with Gasteiger partial charge in [0.2, 0.25) is 0 Å². The van der Waals surface area contributed by atoms with Gasteiger partial charge in [0.15, 0.2) is 0 Å². The molecule has 0 saturated carbocycles. The van der Waals surface area contributed by atoms with E-state index in [4.69, 9.17) is 4.74 Å². The molecule has 0 spiro atoms. The average Bonchev–Trinajstić information content (AvgIpc) is 2.93. The molecule has 2 heterocycles. The number of methoxy groups -OCH3 is 1. The van der Waals surface area contributed by atoms with Gasteiger partial charge >= 0.3 is 11.8 Å². The molecule has 0 aliphatic rings. The number of ether oxygens (including phenoxy) is 1. The lowest BCUT2D eigenvalue weighted by Crippen LogP contribution is -2.42. The van der Waals surface area contributed by atoms with Gasteiger partial charge in [-0.1, -0.05) is 20.8 Å². The molecule has 0 aliphatic heterocycles. The Morgan fingerprint density at radius 2 is 1.81 bits per heavy atom. The van der Waals surface area contributed by atoms with Crippen LogP contribution in [0.3, 0.4) is 0 Å². The summed E-state index contributed by atoms with van der Waals surface area (Å²) in [7, 11) is 1.55. The van der Waals surface area contributed by atoms with Crippen molar-refractivity contribution in [3.63, 3.8) is 0 Å². The van der Waals surface area contributed by atoms with Crippen LogP contribution in [0.1, 0.15) is 52.0 Å². The number of fused-ring (bicyclic) bond motifs is 1. The van der Waals surface area contributed by atoms with E-state index in [1.807, 2.05) is 20.8 Å². The predicted molar refractivity (Wildman–Crippen MR) is 124 cm³/mol. The van der Waals surface area contributed by atoms with Crippen LogP contribution in [0.25, 0.3) is 10.2 Å². The predicted octanol–water partition coefficient (Wildman–Crippen LogP) is 3.34. The van der Waals surface area contributed by atoms with Crippen LogP contribution in [0.4, 0.5) is 4.79 Å². The van der Waals surface area contributed by atoms with Crippen molar-refractivity contribution in [3.05, 3.63) is 31.3 Å². The minimum atomic E-state index is -1.17. The number of thiophene rings is 1. The molecule has 0 bridgehead atoms. The molecule has 0 fully saturated rings. The second kappa shape index (κ2) is 8.96. The highest BCUT2D eigenvalue weighted by molar-refractivity contribution is 7.20.